The predicted octanol–water partition coefficient (Wildman–Crippen LogP) is -0.498. The normalized spacial score (nSPS) is 11.9. The van der Waals surface area contributed by atoms with Crippen molar-refractivity contribution in [3.05, 3.63) is 40.4 Å². The van der Waals surface area contributed by atoms with E-state index in [1.807, 2.05) is 0 Å². The minimum absolute atomic E-state index is 0.181. The molecule has 5 N–H and O–H groups in total. The summed E-state index contributed by atoms with van der Waals surface area (Å²) in [4.78, 5) is 17.9. The number of amidine groups is 1. The zero-order valence-corrected chi connectivity index (χ0v) is 7.77. The zero-order chi connectivity index (χ0) is 10.8. The Morgan fingerprint density at radius 1 is 1.47 bits per heavy atom. The first-order valence-corrected chi connectivity index (χ1v) is 4.23. The van der Waals surface area contributed by atoms with Gasteiger partial charge in [-0.15, -0.1) is 0 Å². The van der Waals surface area contributed by atoms with Crippen molar-refractivity contribution in [2.24, 2.45) is 16.7 Å². The maximum atomic E-state index is 11.4. The van der Waals surface area contributed by atoms with Crippen LogP contribution in [0.15, 0.2) is 34.4 Å². The molecule has 0 atom stereocenters. The van der Waals surface area contributed by atoms with Crippen LogP contribution in [0, 0.1) is 0 Å². The number of nitrogens with two attached hydrogens (primary N) is 2. The van der Waals surface area contributed by atoms with E-state index >= 15 is 0 Å². The smallest absolute Gasteiger partial charge is 0.258 e. The third-order valence-electron chi connectivity index (χ3n) is 2.08. The first-order chi connectivity index (χ1) is 7.22. The molecule has 0 amide bonds. The summed E-state index contributed by atoms with van der Waals surface area (Å²) in [6.45, 7) is 0. The number of fused-ring (bicyclic) bond motifs is 1. The van der Waals surface area contributed by atoms with E-state index in [0.717, 1.165) is 0 Å². The monoisotopic (exact) mass is 203 g/mol. The van der Waals surface area contributed by atoms with Crippen LogP contribution < -0.4 is 17.1 Å². The second kappa shape index (κ2) is 3.41. The third-order valence-corrected chi connectivity index (χ3v) is 2.08. The lowest BCUT2D eigenvalue weighted by molar-refractivity contribution is 1.17. The molecule has 0 saturated carbocycles. The van der Waals surface area contributed by atoms with E-state index in [1.165, 1.54) is 6.33 Å². The van der Waals surface area contributed by atoms with Gasteiger partial charge in [0.1, 0.15) is 5.84 Å². The second-order valence-electron chi connectivity index (χ2n) is 2.98. The van der Waals surface area contributed by atoms with Crippen molar-refractivity contribution in [2.45, 2.75) is 0 Å². The number of hydrazone groups is 1. The number of hydrogen-bond acceptors (Lipinski definition) is 4. The molecule has 0 fully saturated rings. The molecule has 0 aliphatic heterocycles. The van der Waals surface area contributed by atoms with Gasteiger partial charge in [-0.1, -0.05) is 0 Å². The SMILES string of the molecule is N/N=C(\N)c1ccc2nc[nH]c(=O)c2c1. The highest BCUT2D eigenvalue weighted by atomic mass is 16.1. The highest BCUT2D eigenvalue weighted by Gasteiger charge is 2.03. The number of aromatic nitrogens is 2. The Balaban J connectivity index is 2.76. The molecule has 0 aliphatic carbocycles. The molecule has 15 heavy (non-hydrogen) atoms. The van der Waals surface area contributed by atoms with E-state index in [0.29, 0.717) is 16.5 Å². The predicted molar refractivity (Wildman–Crippen MR) is 57.3 cm³/mol. The molecule has 2 rings (SSSR count). The van der Waals surface area contributed by atoms with E-state index in [4.69, 9.17) is 11.6 Å². The van der Waals surface area contributed by atoms with Crippen LogP contribution in [0.3, 0.4) is 0 Å². The first-order valence-electron chi connectivity index (χ1n) is 4.23. The first kappa shape index (κ1) is 9.20. The molecule has 0 aliphatic rings. The van der Waals surface area contributed by atoms with Gasteiger partial charge < -0.3 is 16.6 Å². The van der Waals surface area contributed by atoms with Gasteiger partial charge in [0.15, 0.2) is 0 Å². The van der Waals surface area contributed by atoms with Crippen LogP contribution in [0.4, 0.5) is 0 Å². The van der Waals surface area contributed by atoms with Crippen molar-refractivity contribution in [2.75, 3.05) is 0 Å². The van der Waals surface area contributed by atoms with Gasteiger partial charge in [0.05, 0.1) is 17.2 Å². The summed E-state index contributed by atoms with van der Waals surface area (Å²) >= 11 is 0. The van der Waals surface area contributed by atoms with E-state index < -0.39 is 0 Å². The van der Waals surface area contributed by atoms with Gasteiger partial charge in [-0.3, -0.25) is 4.79 Å². The fourth-order valence-corrected chi connectivity index (χ4v) is 1.30. The summed E-state index contributed by atoms with van der Waals surface area (Å²) in [6, 6.07) is 5.01. The molecule has 0 spiro atoms. The Morgan fingerprint density at radius 2 is 2.27 bits per heavy atom. The lowest BCUT2D eigenvalue weighted by atomic mass is 10.1. The van der Waals surface area contributed by atoms with Crippen LogP contribution in [0.25, 0.3) is 10.9 Å². The molecule has 1 heterocycles. The Bertz CT molecular complexity index is 586. The number of nitrogens with one attached hydrogen (secondary N) is 1. The molecule has 6 nitrogen and oxygen atoms in total. The Kier molecular flexibility index (Phi) is 2.09. The third kappa shape index (κ3) is 1.52. The topological polar surface area (TPSA) is 110 Å². The van der Waals surface area contributed by atoms with E-state index in [1.54, 1.807) is 18.2 Å². The summed E-state index contributed by atoms with van der Waals surface area (Å²) in [5, 5.41) is 3.82. The van der Waals surface area contributed by atoms with Gasteiger partial charge in [-0.25, -0.2) is 4.98 Å². The van der Waals surface area contributed by atoms with Crippen LogP contribution in [-0.2, 0) is 0 Å². The van der Waals surface area contributed by atoms with Crippen LogP contribution >= 0.6 is 0 Å². The molecule has 0 radical (unpaired) electrons. The Morgan fingerprint density at radius 3 is 3.00 bits per heavy atom. The maximum Gasteiger partial charge on any atom is 0.258 e. The standard InChI is InChI=1S/C9H9N5O/c10-8(14-11)5-1-2-7-6(3-5)9(15)13-4-12-7/h1-4H,11H2,(H2,10,14)(H,12,13,15). The summed E-state index contributed by atoms with van der Waals surface area (Å²) < 4.78 is 0. The highest BCUT2D eigenvalue weighted by molar-refractivity contribution is 6.00. The molecular weight excluding hydrogens is 194 g/mol. The molecule has 0 bridgehead atoms. The molecule has 0 saturated heterocycles. The van der Waals surface area contributed by atoms with Crippen LogP contribution in [0.1, 0.15) is 5.56 Å². The Hall–Kier alpha value is -2.37. The number of rotatable bonds is 1. The quantitative estimate of drug-likeness (QED) is 0.251. The molecule has 0 unspecified atom stereocenters. The number of benzene rings is 1. The lowest BCUT2D eigenvalue weighted by Gasteiger charge is -2.00. The number of H-pyrrole nitrogens is 1. The summed E-state index contributed by atoms with van der Waals surface area (Å²) in [6.07, 6.45) is 1.35. The van der Waals surface area contributed by atoms with Gasteiger partial charge >= 0.3 is 0 Å². The molecule has 1 aromatic carbocycles. The summed E-state index contributed by atoms with van der Waals surface area (Å²) in [7, 11) is 0. The fraction of sp³-hybridized carbons (Fsp3) is 0. The van der Waals surface area contributed by atoms with E-state index in [-0.39, 0.29) is 11.4 Å². The molecule has 1 aromatic heterocycles. The van der Waals surface area contributed by atoms with Crippen molar-refractivity contribution in [3.63, 3.8) is 0 Å². The van der Waals surface area contributed by atoms with Gasteiger partial charge in [-0.05, 0) is 18.2 Å². The minimum Gasteiger partial charge on any atom is -0.382 e. The average molecular weight is 203 g/mol. The number of aromatic amines is 1. The van der Waals surface area contributed by atoms with E-state index in [9.17, 15) is 4.79 Å². The van der Waals surface area contributed by atoms with Gasteiger partial charge in [0.2, 0.25) is 0 Å². The van der Waals surface area contributed by atoms with Crippen molar-refractivity contribution < 1.29 is 0 Å². The van der Waals surface area contributed by atoms with E-state index in [2.05, 4.69) is 15.1 Å². The van der Waals surface area contributed by atoms with Crippen molar-refractivity contribution in [1.82, 2.24) is 9.97 Å². The van der Waals surface area contributed by atoms with Crippen molar-refractivity contribution in [1.29, 1.82) is 0 Å². The summed E-state index contributed by atoms with van der Waals surface area (Å²) in [5.74, 6) is 5.23. The lowest BCUT2D eigenvalue weighted by Crippen LogP contribution is -2.16. The van der Waals surface area contributed by atoms with Crippen LogP contribution in [0.2, 0.25) is 0 Å². The molecular formula is C9H9N5O. The minimum atomic E-state index is -0.216. The van der Waals surface area contributed by atoms with Crippen molar-refractivity contribution >= 4 is 16.7 Å². The van der Waals surface area contributed by atoms with Crippen molar-refractivity contribution in [3.8, 4) is 0 Å². The largest absolute Gasteiger partial charge is 0.382 e. The number of nitrogens with zero attached hydrogens (tertiary/aromatic N) is 2. The molecule has 2 aromatic rings. The second-order valence-corrected chi connectivity index (χ2v) is 2.98. The van der Waals surface area contributed by atoms with Gasteiger partial charge in [0.25, 0.3) is 5.56 Å². The van der Waals surface area contributed by atoms with Crippen LogP contribution in [0.5, 0.6) is 0 Å². The zero-order valence-electron chi connectivity index (χ0n) is 7.77. The van der Waals surface area contributed by atoms with Gasteiger partial charge in [-0.2, -0.15) is 5.10 Å². The van der Waals surface area contributed by atoms with Crippen LogP contribution in [-0.4, -0.2) is 15.8 Å². The Labute approximate surface area is 84.6 Å². The average Bonchev–Trinajstić information content (AvgIpc) is 2.28. The fourth-order valence-electron chi connectivity index (χ4n) is 1.30. The summed E-state index contributed by atoms with van der Waals surface area (Å²) in [5.41, 5.74) is 6.52. The maximum absolute atomic E-state index is 11.4. The van der Waals surface area contributed by atoms with Gasteiger partial charge in [0, 0.05) is 5.56 Å². The highest BCUT2D eigenvalue weighted by Crippen LogP contribution is 2.08. The molecule has 6 heteroatoms. The number of hydrogen-bond donors (Lipinski definition) is 3. The molecule has 76 valence electrons.